The Hall–Kier alpha value is -2.26. The van der Waals surface area contributed by atoms with Gasteiger partial charge in [-0.15, -0.1) is 0 Å². The molecule has 0 heterocycles. The molecule has 0 amide bonds. The topological polar surface area (TPSA) is 0 Å². The zero-order chi connectivity index (χ0) is 25.8. The van der Waals surface area contributed by atoms with Crippen LogP contribution < -0.4 is 21.2 Å². The molecule has 0 radical (unpaired) electrons. The summed E-state index contributed by atoms with van der Waals surface area (Å²) in [5.41, 5.74) is 0.320. The normalized spacial score (nSPS) is 11.8. The van der Waals surface area contributed by atoms with E-state index in [1.54, 1.807) is 0 Å². The summed E-state index contributed by atoms with van der Waals surface area (Å²) in [5.74, 6) is 0. The van der Waals surface area contributed by atoms with Crippen molar-refractivity contribution in [3.8, 4) is 0 Å². The van der Waals surface area contributed by atoms with Crippen LogP contribution in [-0.4, -0.2) is 12.3 Å². The first-order valence-corrected chi connectivity index (χ1v) is 17.1. The number of unbranched alkanes of at least 4 members (excludes halogenated alkanes) is 2. The van der Waals surface area contributed by atoms with E-state index in [-0.39, 0.29) is 0 Å². The molecular formula is C35H42P2. The first kappa shape index (κ1) is 27.8. The number of hydrogen-bond acceptors (Lipinski definition) is 0. The number of hydrogen-bond donors (Lipinski definition) is 0. The summed E-state index contributed by atoms with van der Waals surface area (Å²) in [6, 6.07) is 45.5. The van der Waals surface area contributed by atoms with E-state index in [1.807, 2.05) is 0 Å². The minimum absolute atomic E-state index is 0.320. The maximum atomic E-state index is 2.38. The van der Waals surface area contributed by atoms with Gasteiger partial charge in [0.2, 0.25) is 0 Å². The van der Waals surface area contributed by atoms with Gasteiger partial charge in [-0.25, -0.2) is 0 Å². The quantitative estimate of drug-likeness (QED) is 0.145. The van der Waals surface area contributed by atoms with Gasteiger partial charge in [-0.3, -0.25) is 0 Å². The molecule has 0 aromatic heterocycles. The van der Waals surface area contributed by atoms with Crippen LogP contribution in [0.3, 0.4) is 0 Å². The van der Waals surface area contributed by atoms with Crippen molar-refractivity contribution in [1.82, 2.24) is 0 Å². The molecule has 37 heavy (non-hydrogen) atoms. The van der Waals surface area contributed by atoms with Crippen LogP contribution in [0.1, 0.15) is 52.4 Å². The van der Waals surface area contributed by atoms with Gasteiger partial charge in [-0.2, -0.15) is 0 Å². The summed E-state index contributed by atoms with van der Waals surface area (Å²) in [7, 11) is -0.860. The predicted molar refractivity (Wildman–Crippen MR) is 169 cm³/mol. The summed E-state index contributed by atoms with van der Waals surface area (Å²) in [4.78, 5) is 0. The molecule has 2 heteroatoms. The van der Waals surface area contributed by atoms with E-state index in [1.165, 1.54) is 72.1 Å². The minimum atomic E-state index is -0.430. The third-order valence-electron chi connectivity index (χ3n) is 7.38. The molecule has 0 saturated heterocycles. The van der Waals surface area contributed by atoms with Crippen molar-refractivity contribution in [3.63, 3.8) is 0 Å². The largest absolute Gasteiger partial charge is 0.0654 e. The van der Waals surface area contributed by atoms with Crippen LogP contribution >= 0.6 is 15.8 Å². The van der Waals surface area contributed by atoms with Gasteiger partial charge in [0, 0.05) is 0 Å². The third kappa shape index (κ3) is 7.87. The van der Waals surface area contributed by atoms with Crippen molar-refractivity contribution in [2.75, 3.05) is 12.3 Å². The molecule has 0 aliphatic carbocycles. The van der Waals surface area contributed by atoms with E-state index < -0.39 is 15.8 Å². The lowest BCUT2D eigenvalue weighted by Crippen LogP contribution is -2.35. The molecule has 0 N–H and O–H groups in total. The first-order valence-electron chi connectivity index (χ1n) is 14.0. The van der Waals surface area contributed by atoms with Gasteiger partial charge in [0.15, 0.2) is 0 Å². The van der Waals surface area contributed by atoms with Crippen LogP contribution in [0, 0.1) is 5.41 Å². The predicted octanol–water partition coefficient (Wildman–Crippen LogP) is 8.62. The Morgan fingerprint density at radius 1 is 0.432 bits per heavy atom. The molecule has 192 valence electrons. The molecule has 0 bridgehead atoms. The third-order valence-corrected chi connectivity index (χ3v) is 13.0. The number of rotatable bonds is 14. The van der Waals surface area contributed by atoms with Gasteiger partial charge in [0.25, 0.3) is 0 Å². The molecular weight excluding hydrogens is 482 g/mol. The van der Waals surface area contributed by atoms with E-state index in [4.69, 9.17) is 0 Å². The summed E-state index contributed by atoms with van der Waals surface area (Å²) in [6.07, 6.45) is 10.3. The minimum Gasteiger partial charge on any atom is -0.0654 e. The van der Waals surface area contributed by atoms with E-state index in [0.717, 1.165) is 0 Å². The van der Waals surface area contributed by atoms with Gasteiger partial charge < -0.3 is 0 Å². The SMILES string of the molecule is CCCCC(CCCC)(CP(c1ccccc1)c1ccccc1)CP(c1ccccc1)c1ccccc1. The van der Waals surface area contributed by atoms with Crippen molar-refractivity contribution in [1.29, 1.82) is 0 Å². The van der Waals surface area contributed by atoms with Gasteiger partial charge in [-0.05, 0) is 67.6 Å². The fraction of sp³-hybridized carbons (Fsp3) is 0.314. The fourth-order valence-corrected chi connectivity index (χ4v) is 11.2. The average Bonchev–Trinajstić information content (AvgIpc) is 2.98. The Bertz CT molecular complexity index is 969. The van der Waals surface area contributed by atoms with E-state index in [2.05, 4.69) is 135 Å². The standard InChI is InChI=1S/C35H42P2/c1-3-5-27-35(28-6-4-2,29-36(31-19-11-7-12-20-31)32-21-13-8-14-22-32)30-37(33-23-15-9-16-24-33)34-25-17-10-18-26-34/h7-26H,3-6,27-30H2,1-2H3. The van der Waals surface area contributed by atoms with Crippen LogP contribution in [0.4, 0.5) is 0 Å². The molecule has 0 aliphatic rings. The van der Waals surface area contributed by atoms with Crippen molar-refractivity contribution in [3.05, 3.63) is 121 Å². The molecule has 4 rings (SSSR count). The molecule has 4 aromatic rings. The highest BCUT2D eigenvalue weighted by Gasteiger charge is 2.36. The van der Waals surface area contributed by atoms with Crippen LogP contribution in [0.25, 0.3) is 0 Å². The van der Waals surface area contributed by atoms with Crippen LogP contribution in [0.15, 0.2) is 121 Å². The molecule has 4 aromatic carbocycles. The molecule has 0 nitrogen and oxygen atoms in total. The molecule has 0 unspecified atom stereocenters. The highest BCUT2D eigenvalue weighted by Crippen LogP contribution is 2.51. The average molecular weight is 525 g/mol. The molecule has 0 spiro atoms. The first-order chi connectivity index (χ1) is 18.2. The smallest absolute Gasteiger partial charge is 0.0185 e. The van der Waals surface area contributed by atoms with Crippen molar-refractivity contribution in [2.24, 2.45) is 5.41 Å². The molecule has 0 aliphatic heterocycles. The summed E-state index contributed by atoms with van der Waals surface area (Å²) in [6.45, 7) is 4.72. The maximum Gasteiger partial charge on any atom is -0.0185 e. The van der Waals surface area contributed by atoms with E-state index in [9.17, 15) is 0 Å². The van der Waals surface area contributed by atoms with Gasteiger partial charge >= 0.3 is 0 Å². The Kier molecular flexibility index (Phi) is 11.0. The van der Waals surface area contributed by atoms with Crippen molar-refractivity contribution < 1.29 is 0 Å². The van der Waals surface area contributed by atoms with Crippen LogP contribution in [-0.2, 0) is 0 Å². The van der Waals surface area contributed by atoms with Crippen LogP contribution in [0.2, 0.25) is 0 Å². The summed E-state index contributed by atoms with van der Waals surface area (Å²) >= 11 is 0. The molecule has 0 atom stereocenters. The van der Waals surface area contributed by atoms with Gasteiger partial charge in [-0.1, -0.05) is 161 Å². The summed E-state index contributed by atoms with van der Waals surface area (Å²) < 4.78 is 0. The number of benzene rings is 4. The van der Waals surface area contributed by atoms with E-state index >= 15 is 0 Å². The second-order valence-corrected chi connectivity index (χ2v) is 14.6. The lowest BCUT2D eigenvalue weighted by molar-refractivity contribution is 0.301. The highest BCUT2D eigenvalue weighted by atomic mass is 31.1. The summed E-state index contributed by atoms with van der Waals surface area (Å²) in [5, 5.41) is 6.07. The fourth-order valence-electron chi connectivity index (χ4n) is 5.36. The Labute approximate surface area is 228 Å². The lowest BCUT2D eigenvalue weighted by Gasteiger charge is -2.41. The highest BCUT2D eigenvalue weighted by molar-refractivity contribution is 7.74. The lowest BCUT2D eigenvalue weighted by atomic mass is 9.82. The van der Waals surface area contributed by atoms with E-state index in [0.29, 0.717) is 5.41 Å². The Balaban J connectivity index is 1.79. The molecule has 0 fully saturated rings. The second-order valence-electron chi connectivity index (χ2n) is 10.2. The maximum absolute atomic E-state index is 2.38. The van der Waals surface area contributed by atoms with Gasteiger partial charge in [0.1, 0.15) is 0 Å². The zero-order valence-corrected chi connectivity index (χ0v) is 24.4. The Morgan fingerprint density at radius 2 is 0.703 bits per heavy atom. The second kappa shape index (κ2) is 14.6. The monoisotopic (exact) mass is 524 g/mol. The molecule has 0 saturated carbocycles. The zero-order valence-electron chi connectivity index (χ0n) is 22.6. The van der Waals surface area contributed by atoms with Crippen LogP contribution in [0.5, 0.6) is 0 Å². The van der Waals surface area contributed by atoms with Gasteiger partial charge in [0.05, 0.1) is 0 Å². The Morgan fingerprint density at radius 3 is 0.946 bits per heavy atom. The van der Waals surface area contributed by atoms with Crippen molar-refractivity contribution in [2.45, 2.75) is 52.4 Å². The van der Waals surface area contributed by atoms with Crippen molar-refractivity contribution >= 4 is 37.1 Å².